The Labute approximate surface area is 116 Å². The lowest BCUT2D eigenvalue weighted by molar-refractivity contribution is 0.185. The molecule has 106 valence electrons. The molecule has 2 nitrogen and oxygen atoms in total. The van der Waals surface area contributed by atoms with Crippen LogP contribution in [0.15, 0.2) is 24.3 Å². The molecular formula is C16H25FN2. The molecule has 0 radical (unpaired) electrons. The summed E-state index contributed by atoms with van der Waals surface area (Å²) in [7, 11) is 2.19. The molecule has 1 heterocycles. The minimum absolute atomic E-state index is 0.167. The van der Waals surface area contributed by atoms with E-state index in [0.29, 0.717) is 6.04 Å². The highest BCUT2D eigenvalue weighted by Gasteiger charge is 2.23. The van der Waals surface area contributed by atoms with Crippen LogP contribution in [-0.2, 0) is 0 Å². The third kappa shape index (κ3) is 4.02. The van der Waals surface area contributed by atoms with Crippen molar-refractivity contribution in [3.05, 3.63) is 35.6 Å². The summed E-state index contributed by atoms with van der Waals surface area (Å²) in [6, 6.07) is 7.59. The van der Waals surface area contributed by atoms with E-state index >= 15 is 0 Å². The number of likely N-dealkylation sites (tertiary alicyclic amines) is 1. The van der Waals surface area contributed by atoms with Crippen molar-refractivity contribution in [1.82, 2.24) is 10.2 Å². The fraction of sp³-hybridized carbons (Fsp3) is 0.625. The maximum Gasteiger partial charge on any atom is 0.123 e. The number of piperidine rings is 1. The molecule has 0 spiro atoms. The highest BCUT2D eigenvalue weighted by molar-refractivity contribution is 5.19. The number of halogens is 1. The second-order valence-corrected chi connectivity index (χ2v) is 5.87. The predicted octanol–water partition coefficient (Wildman–Crippen LogP) is 3.21. The van der Waals surface area contributed by atoms with Gasteiger partial charge in [-0.25, -0.2) is 4.39 Å². The molecule has 0 amide bonds. The summed E-state index contributed by atoms with van der Waals surface area (Å²) < 4.78 is 12.9. The molecule has 1 aromatic rings. The van der Waals surface area contributed by atoms with Crippen LogP contribution in [-0.4, -0.2) is 31.1 Å². The van der Waals surface area contributed by atoms with Crippen LogP contribution in [0.5, 0.6) is 0 Å². The van der Waals surface area contributed by atoms with Crippen molar-refractivity contribution < 1.29 is 4.39 Å². The fourth-order valence-corrected chi connectivity index (χ4v) is 2.91. The van der Waals surface area contributed by atoms with Gasteiger partial charge in [0.15, 0.2) is 0 Å². The van der Waals surface area contributed by atoms with Gasteiger partial charge in [0.2, 0.25) is 0 Å². The Morgan fingerprint density at radius 2 is 1.74 bits per heavy atom. The van der Waals surface area contributed by atoms with Crippen molar-refractivity contribution in [2.75, 3.05) is 20.1 Å². The van der Waals surface area contributed by atoms with Gasteiger partial charge in [0, 0.05) is 12.1 Å². The Bertz CT molecular complexity index is 382. The fourth-order valence-electron chi connectivity index (χ4n) is 2.91. The molecule has 0 bridgehead atoms. The molecule has 1 aromatic carbocycles. The lowest BCUT2D eigenvalue weighted by Crippen LogP contribution is -2.41. The average Bonchev–Trinajstić information content (AvgIpc) is 2.40. The molecular weight excluding hydrogens is 239 g/mol. The van der Waals surface area contributed by atoms with Crippen molar-refractivity contribution in [1.29, 1.82) is 0 Å². The largest absolute Gasteiger partial charge is 0.307 e. The van der Waals surface area contributed by atoms with E-state index in [9.17, 15) is 4.39 Å². The van der Waals surface area contributed by atoms with Gasteiger partial charge in [-0.15, -0.1) is 0 Å². The molecule has 2 unspecified atom stereocenters. The summed E-state index contributed by atoms with van der Waals surface area (Å²) in [5.41, 5.74) is 1.15. The van der Waals surface area contributed by atoms with E-state index in [4.69, 9.17) is 0 Å². The van der Waals surface area contributed by atoms with Crippen LogP contribution in [0.4, 0.5) is 4.39 Å². The summed E-state index contributed by atoms with van der Waals surface area (Å²) in [6.45, 7) is 6.82. The van der Waals surface area contributed by atoms with Gasteiger partial charge in [-0.2, -0.15) is 0 Å². The molecule has 2 rings (SSSR count). The van der Waals surface area contributed by atoms with Crippen molar-refractivity contribution in [2.45, 2.75) is 38.8 Å². The first-order chi connectivity index (χ1) is 9.06. The number of nitrogens with one attached hydrogen (secondary N) is 1. The van der Waals surface area contributed by atoms with E-state index in [2.05, 4.69) is 31.1 Å². The van der Waals surface area contributed by atoms with Crippen LogP contribution in [0, 0.1) is 11.7 Å². The molecule has 0 aromatic heterocycles. The summed E-state index contributed by atoms with van der Waals surface area (Å²) >= 11 is 0. The Balaban J connectivity index is 1.87. The maximum atomic E-state index is 12.9. The van der Waals surface area contributed by atoms with Crippen molar-refractivity contribution in [2.24, 2.45) is 5.92 Å². The first kappa shape index (κ1) is 14.5. The molecule has 3 heteroatoms. The van der Waals surface area contributed by atoms with Gasteiger partial charge < -0.3 is 10.2 Å². The molecule has 1 fully saturated rings. The van der Waals surface area contributed by atoms with E-state index in [1.54, 1.807) is 0 Å². The van der Waals surface area contributed by atoms with E-state index in [1.165, 1.54) is 38.1 Å². The second kappa shape index (κ2) is 6.49. The van der Waals surface area contributed by atoms with E-state index in [0.717, 1.165) is 11.5 Å². The second-order valence-electron chi connectivity index (χ2n) is 5.87. The molecule has 0 saturated carbocycles. The number of benzene rings is 1. The SMILES string of the molecule is CC(NC(C)C1CCN(C)CC1)c1ccc(F)cc1. The van der Waals surface area contributed by atoms with E-state index in [-0.39, 0.29) is 11.9 Å². The first-order valence-electron chi connectivity index (χ1n) is 7.26. The summed E-state index contributed by atoms with van der Waals surface area (Å²) in [4.78, 5) is 2.40. The molecule has 1 N–H and O–H groups in total. The highest BCUT2D eigenvalue weighted by atomic mass is 19.1. The monoisotopic (exact) mass is 264 g/mol. The van der Waals surface area contributed by atoms with Gasteiger partial charge in [0.25, 0.3) is 0 Å². The quantitative estimate of drug-likeness (QED) is 0.898. The highest BCUT2D eigenvalue weighted by Crippen LogP contribution is 2.22. The van der Waals surface area contributed by atoms with E-state index < -0.39 is 0 Å². The number of hydrogen-bond donors (Lipinski definition) is 1. The van der Waals surface area contributed by atoms with Gasteiger partial charge in [-0.3, -0.25) is 0 Å². The number of hydrogen-bond acceptors (Lipinski definition) is 2. The standard InChI is InChI=1S/C16H25FN2/c1-12(14-4-6-16(17)7-5-14)18-13(2)15-8-10-19(3)11-9-15/h4-7,12-13,15,18H,8-11H2,1-3H3. The molecule has 2 atom stereocenters. The van der Waals surface area contributed by atoms with Crippen LogP contribution in [0.3, 0.4) is 0 Å². The third-order valence-corrected chi connectivity index (χ3v) is 4.35. The summed E-state index contributed by atoms with van der Waals surface area (Å²) in [5.74, 6) is 0.582. The zero-order valence-corrected chi connectivity index (χ0v) is 12.2. The summed E-state index contributed by atoms with van der Waals surface area (Å²) in [5, 5.41) is 3.66. The van der Waals surface area contributed by atoms with Crippen molar-refractivity contribution >= 4 is 0 Å². The molecule has 1 aliphatic heterocycles. The van der Waals surface area contributed by atoms with Crippen LogP contribution in [0.1, 0.15) is 38.3 Å². The molecule has 19 heavy (non-hydrogen) atoms. The third-order valence-electron chi connectivity index (χ3n) is 4.35. The topological polar surface area (TPSA) is 15.3 Å². The van der Waals surface area contributed by atoms with E-state index in [1.807, 2.05) is 12.1 Å². The average molecular weight is 264 g/mol. The van der Waals surface area contributed by atoms with Crippen LogP contribution >= 0.6 is 0 Å². The van der Waals surface area contributed by atoms with Gasteiger partial charge in [-0.1, -0.05) is 12.1 Å². The van der Waals surface area contributed by atoms with Gasteiger partial charge in [0.05, 0.1) is 0 Å². The molecule has 1 saturated heterocycles. The zero-order valence-electron chi connectivity index (χ0n) is 12.2. The molecule has 0 aliphatic carbocycles. The maximum absolute atomic E-state index is 12.9. The lowest BCUT2D eigenvalue weighted by Gasteiger charge is -2.34. The van der Waals surface area contributed by atoms with Gasteiger partial charge in [0.1, 0.15) is 5.82 Å². The van der Waals surface area contributed by atoms with Gasteiger partial charge in [-0.05, 0) is 70.4 Å². The Morgan fingerprint density at radius 3 is 2.32 bits per heavy atom. The zero-order chi connectivity index (χ0) is 13.8. The van der Waals surface area contributed by atoms with Gasteiger partial charge >= 0.3 is 0 Å². The number of nitrogens with zero attached hydrogens (tertiary/aromatic N) is 1. The normalized spacial score (nSPS) is 21.3. The van der Waals surface area contributed by atoms with Crippen molar-refractivity contribution in [3.8, 4) is 0 Å². The lowest BCUT2D eigenvalue weighted by atomic mass is 9.90. The van der Waals surface area contributed by atoms with Crippen LogP contribution < -0.4 is 5.32 Å². The van der Waals surface area contributed by atoms with Crippen molar-refractivity contribution in [3.63, 3.8) is 0 Å². The minimum atomic E-state index is -0.167. The summed E-state index contributed by atoms with van der Waals surface area (Å²) in [6.07, 6.45) is 2.53. The smallest absolute Gasteiger partial charge is 0.123 e. The first-order valence-corrected chi connectivity index (χ1v) is 7.26. The Hall–Kier alpha value is -0.930. The Kier molecular flexibility index (Phi) is 4.94. The molecule has 1 aliphatic rings. The number of rotatable bonds is 4. The van der Waals surface area contributed by atoms with Crippen LogP contribution in [0.25, 0.3) is 0 Å². The minimum Gasteiger partial charge on any atom is -0.307 e. The Morgan fingerprint density at radius 1 is 1.16 bits per heavy atom. The predicted molar refractivity (Wildman–Crippen MR) is 77.6 cm³/mol. The van der Waals surface area contributed by atoms with Crippen LogP contribution in [0.2, 0.25) is 0 Å².